The Balaban J connectivity index is 1.52. The van der Waals surface area contributed by atoms with Crippen LogP contribution in [0.15, 0.2) is 56.7 Å². The van der Waals surface area contributed by atoms with Gasteiger partial charge < -0.3 is 14.7 Å². The number of hydrogen-bond donors (Lipinski definition) is 1. The lowest BCUT2D eigenvalue weighted by Crippen LogP contribution is -2.11. The fraction of sp³-hybridized carbons (Fsp3) is 0.176. The van der Waals surface area contributed by atoms with Crippen molar-refractivity contribution in [3.8, 4) is 23.0 Å². The second kappa shape index (κ2) is 6.68. The number of hydrogen-bond acceptors (Lipinski definition) is 8. The summed E-state index contributed by atoms with van der Waals surface area (Å²) in [5, 5.41) is 16.8. The highest BCUT2D eigenvalue weighted by Gasteiger charge is 2.21. The zero-order chi connectivity index (χ0) is 18.1. The van der Waals surface area contributed by atoms with Gasteiger partial charge in [-0.25, -0.2) is 4.68 Å². The van der Waals surface area contributed by atoms with Gasteiger partial charge in [-0.3, -0.25) is 0 Å². The minimum absolute atomic E-state index is 0.141. The van der Waals surface area contributed by atoms with Crippen molar-refractivity contribution in [2.24, 2.45) is 0 Å². The summed E-state index contributed by atoms with van der Waals surface area (Å²) in [5.41, 5.74) is 2.06. The fourth-order valence-corrected chi connectivity index (χ4v) is 3.15. The summed E-state index contributed by atoms with van der Waals surface area (Å²) < 4.78 is 12.5. The predicted octanol–water partition coefficient (Wildman–Crippen LogP) is 3.46. The van der Waals surface area contributed by atoms with Crippen LogP contribution in [0.3, 0.4) is 0 Å². The van der Waals surface area contributed by atoms with Crippen molar-refractivity contribution in [3.63, 3.8) is 0 Å². The molecule has 0 aliphatic rings. The average molecular weight is 368 g/mol. The summed E-state index contributed by atoms with van der Waals surface area (Å²) in [6, 6.07) is 11.5. The molecule has 9 heteroatoms. The molecule has 0 amide bonds. The van der Waals surface area contributed by atoms with Crippen LogP contribution in [0.2, 0.25) is 0 Å². The highest BCUT2D eigenvalue weighted by molar-refractivity contribution is 7.99. The van der Waals surface area contributed by atoms with E-state index in [1.165, 1.54) is 22.0 Å². The number of thioether (sulfide) groups is 1. The van der Waals surface area contributed by atoms with Gasteiger partial charge in [0.25, 0.3) is 0 Å². The van der Waals surface area contributed by atoms with E-state index in [0.717, 1.165) is 5.56 Å². The highest BCUT2D eigenvalue weighted by atomic mass is 32.2. The van der Waals surface area contributed by atoms with E-state index in [1.807, 2.05) is 38.1 Å². The van der Waals surface area contributed by atoms with Crippen LogP contribution in [0.4, 0.5) is 0 Å². The Morgan fingerprint density at radius 3 is 2.62 bits per heavy atom. The Kier molecular flexibility index (Phi) is 4.21. The number of rotatable bonds is 5. The van der Waals surface area contributed by atoms with Crippen molar-refractivity contribution < 1.29 is 8.83 Å². The van der Waals surface area contributed by atoms with Gasteiger partial charge >= 0.3 is 0 Å². The third-order valence-electron chi connectivity index (χ3n) is 3.78. The van der Waals surface area contributed by atoms with Gasteiger partial charge in [0.15, 0.2) is 5.76 Å². The minimum atomic E-state index is -0.141. The van der Waals surface area contributed by atoms with E-state index in [2.05, 4.69) is 20.4 Å². The Hall–Kier alpha value is -3.07. The third kappa shape index (κ3) is 3.08. The molecule has 132 valence electrons. The molecule has 0 bridgehead atoms. The summed E-state index contributed by atoms with van der Waals surface area (Å²) in [6.45, 7) is 3.97. The SMILES string of the molecule is Cc1ccc(-c2nnc([C@H](C)Sc3nnc(-c4ccco4)n3N)o2)cc1. The molecule has 2 N–H and O–H groups in total. The number of nitrogens with two attached hydrogens (primary N) is 1. The number of aromatic nitrogens is 5. The fourth-order valence-electron chi connectivity index (χ4n) is 2.35. The van der Waals surface area contributed by atoms with Crippen molar-refractivity contribution in [2.45, 2.75) is 24.3 Å². The Morgan fingerprint density at radius 2 is 1.88 bits per heavy atom. The Labute approximate surface area is 153 Å². The molecule has 1 atom stereocenters. The Morgan fingerprint density at radius 1 is 1.08 bits per heavy atom. The molecule has 3 heterocycles. The molecule has 0 spiro atoms. The van der Waals surface area contributed by atoms with Gasteiger partial charge in [-0.1, -0.05) is 29.5 Å². The normalized spacial score (nSPS) is 12.4. The number of furan rings is 1. The summed E-state index contributed by atoms with van der Waals surface area (Å²) in [7, 11) is 0. The maximum Gasteiger partial charge on any atom is 0.247 e. The lowest BCUT2D eigenvalue weighted by atomic mass is 10.1. The maximum absolute atomic E-state index is 6.08. The third-order valence-corrected chi connectivity index (χ3v) is 4.82. The zero-order valence-corrected chi connectivity index (χ0v) is 15.0. The maximum atomic E-state index is 6.08. The van der Waals surface area contributed by atoms with Crippen LogP contribution in [0.25, 0.3) is 23.0 Å². The van der Waals surface area contributed by atoms with Gasteiger partial charge in [-0.15, -0.1) is 20.4 Å². The van der Waals surface area contributed by atoms with Crippen LogP contribution in [0.1, 0.15) is 23.6 Å². The van der Waals surface area contributed by atoms with Crippen LogP contribution in [-0.2, 0) is 0 Å². The molecular weight excluding hydrogens is 352 g/mol. The molecule has 0 aliphatic heterocycles. The molecule has 0 saturated heterocycles. The Bertz CT molecular complexity index is 1010. The summed E-state index contributed by atoms with van der Waals surface area (Å²) in [4.78, 5) is 0. The molecule has 8 nitrogen and oxygen atoms in total. The van der Waals surface area contributed by atoms with Crippen LogP contribution in [0, 0.1) is 6.92 Å². The first-order chi connectivity index (χ1) is 12.6. The molecule has 26 heavy (non-hydrogen) atoms. The minimum Gasteiger partial charge on any atom is -0.461 e. The van der Waals surface area contributed by atoms with E-state index in [1.54, 1.807) is 18.4 Å². The van der Waals surface area contributed by atoms with Crippen molar-refractivity contribution >= 4 is 11.8 Å². The van der Waals surface area contributed by atoms with Crippen LogP contribution in [-0.4, -0.2) is 25.1 Å². The number of aryl methyl sites for hydroxylation is 1. The first kappa shape index (κ1) is 16.4. The van der Waals surface area contributed by atoms with Crippen molar-refractivity contribution in [3.05, 3.63) is 54.1 Å². The number of benzene rings is 1. The van der Waals surface area contributed by atoms with Gasteiger partial charge in [-0.05, 0) is 38.1 Å². The van der Waals surface area contributed by atoms with E-state index in [-0.39, 0.29) is 5.25 Å². The lowest BCUT2D eigenvalue weighted by Gasteiger charge is -2.06. The smallest absolute Gasteiger partial charge is 0.247 e. The standard InChI is InChI=1S/C17H16N6O2S/c1-10-5-7-12(8-6-10)16-21-20-15(25-16)11(2)26-17-22-19-14(23(17)18)13-4-3-9-24-13/h3-9,11H,18H2,1-2H3/t11-/m0/s1. The van der Waals surface area contributed by atoms with Gasteiger partial charge in [0.05, 0.1) is 11.5 Å². The largest absolute Gasteiger partial charge is 0.461 e. The van der Waals surface area contributed by atoms with E-state index < -0.39 is 0 Å². The molecule has 4 aromatic rings. The molecule has 0 aliphatic carbocycles. The quantitative estimate of drug-likeness (QED) is 0.421. The first-order valence-electron chi connectivity index (χ1n) is 7.93. The molecule has 0 unspecified atom stereocenters. The van der Waals surface area contributed by atoms with Crippen molar-refractivity contribution in [1.29, 1.82) is 0 Å². The topological polar surface area (TPSA) is 109 Å². The van der Waals surface area contributed by atoms with Crippen LogP contribution < -0.4 is 5.84 Å². The second-order valence-electron chi connectivity index (χ2n) is 5.73. The number of nitrogen functional groups attached to an aromatic ring is 1. The molecule has 4 rings (SSSR count). The van der Waals surface area contributed by atoms with Gasteiger partial charge in [0, 0.05) is 5.56 Å². The summed E-state index contributed by atoms with van der Waals surface area (Å²) in [6.07, 6.45) is 1.56. The van der Waals surface area contributed by atoms with Gasteiger partial charge in [-0.2, -0.15) is 0 Å². The van der Waals surface area contributed by atoms with Crippen molar-refractivity contribution in [2.75, 3.05) is 5.84 Å². The monoisotopic (exact) mass is 368 g/mol. The number of nitrogens with zero attached hydrogens (tertiary/aromatic N) is 5. The molecule has 0 fully saturated rings. The molecule has 0 saturated carbocycles. The molecule has 1 aromatic carbocycles. The van der Waals surface area contributed by atoms with Gasteiger partial charge in [0.2, 0.25) is 22.8 Å². The first-order valence-corrected chi connectivity index (χ1v) is 8.81. The average Bonchev–Trinajstić information content (AvgIpc) is 3.37. The molecule has 0 radical (unpaired) electrons. The van der Waals surface area contributed by atoms with Crippen LogP contribution in [0.5, 0.6) is 0 Å². The van der Waals surface area contributed by atoms with E-state index in [4.69, 9.17) is 14.7 Å². The zero-order valence-electron chi connectivity index (χ0n) is 14.2. The van der Waals surface area contributed by atoms with E-state index in [9.17, 15) is 0 Å². The molecular formula is C17H16N6O2S. The highest BCUT2D eigenvalue weighted by Crippen LogP contribution is 2.34. The predicted molar refractivity (Wildman–Crippen MR) is 96.6 cm³/mol. The van der Waals surface area contributed by atoms with E-state index in [0.29, 0.717) is 28.5 Å². The van der Waals surface area contributed by atoms with Gasteiger partial charge in [0.1, 0.15) is 0 Å². The van der Waals surface area contributed by atoms with Crippen LogP contribution >= 0.6 is 11.8 Å². The summed E-state index contributed by atoms with van der Waals surface area (Å²) >= 11 is 1.38. The molecule has 3 aromatic heterocycles. The second-order valence-corrected chi connectivity index (χ2v) is 7.03. The lowest BCUT2D eigenvalue weighted by molar-refractivity contribution is 0.509. The summed E-state index contributed by atoms with van der Waals surface area (Å²) in [5.74, 6) is 8.06. The van der Waals surface area contributed by atoms with E-state index >= 15 is 0 Å². The van der Waals surface area contributed by atoms with Crippen molar-refractivity contribution in [1.82, 2.24) is 25.1 Å².